The summed E-state index contributed by atoms with van der Waals surface area (Å²) >= 11 is 0. The Labute approximate surface area is 123 Å². The molecule has 0 bridgehead atoms. The van der Waals surface area contributed by atoms with Crippen LogP contribution < -0.4 is 10.1 Å². The van der Waals surface area contributed by atoms with Crippen LogP contribution in [0.5, 0.6) is 5.75 Å². The van der Waals surface area contributed by atoms with Crippen molar-refractivity contribution in [3.8, 4) is 5.75 Å². The number of benzene rings is 1. The van der Waals surface area contributed by atoms with E-state index >= 15 is 0 Å². The Morgan fingerprint density at radius 2 is 2.10 bits per heavy atom. The van der Waals surface area contributed by atoms with Gasteiger partial charge in [-0.3, -0.25) is 0 Å². The van der Waals surface area contributed by atoms with Gasteiger partial charge in [-0.05, 0) is 69.3 Å². The Hall–Kier alpha value is -1.02. The Kier molecular flexibility index (Phi) is 5.09. The molecule has 1 N–H and O–H groups in total. The first-order valence-electron chi connectivity index (χ1n) is 8.02. The van der Waals surface area contributed by atoms with E-state index in [1.807, 2.05) is 0 Å². The Balaban J connectivity index is 1.83. The average Bonchev–Trinajstić information content (AvgIpc) is 2.69. The molecule has 0 spiro atoms. The van der Waals surface area contributed by atoms with E-state index in [4.69, 9.17) is 4.74 Å². The van der Waals surface area contributed by atoms with Crippen LogP contribution >= 0.6 is 0 Å². The summed E-state index contributed by atoms with van der Waals surface area (Å²) in [5.41, 5.74) is 2.81. The lowest BCUT2D eigenvalue weighted by Crippen LogP contribution is -2.24. The minimum absolute atomic E-state index is 0.0277. The van der Waals surface area contributed by atoms with Crippen LogP contribution in [0.15, 0.2) is 18.2 Å². The van der Waals surface area contributed by atoms with Crippen LogP contribution in [0, 0.1) is 5.92 Å². The summed E-state index contributed by atoms with van der Waals surface area (Å²) < 4.78 is 5.93. The zero-order valence-corrected chi connectivity index (χ0v) is 13.5. The first-order chi connectivity index (χ1) is 9.50. The van der Waals surface area contributed by atoms with Crippen LogP contribution in [0.1, 0.15) is 51.7 Å². The first kappa shape index (κ1) is 15.4. The van der Waals surface area contributed by atoms with Crippen molar-refractivity contribution in [2.24, 2.45) is 5.92 Å². The Morgan fingerprint density at radius 1 is 1.30 bits per heavy atom. The highest BCUT2D eigenvalue weighted by atomic mass is 16.5. The lowest BCUT2D eigenvalue weighted by molar-refractivity contribution is 0.138. The fourth-order valence-corrected chi connectivity index (χ4v) is 2.90. The summed E-state index contributed by atoms with van der Waals surface area (Å²) in [4.78, 5) is 0. The molecule has 0 amide bonds. The second kappa shape index (κ2) is 6.62. The molecule has 0 saturated carbocycles. The third kappa shape index (κ3) is 4.24. The van der Waals surface area contributed by atoms with Gasteiger partial charge in [0.25, 0.3) is 0 Å². The van der Waals surface area contributed by atoms with Gasteiger partial charge in [-0.25, -0.2) is 0 Å². The Bertz CT molecular complexity index is 439. The number of hydrogen-bond donors (Lipinski definition) is 1. The van der Waals surface area contributed by atoms with Crippen molar-refractivity contribution >= 4 is 0 Å². The molecule has 0 fully saturated rings. The summed E-state index contributed by atoms with van der Waals surface area (Å²) in [5.74, 6) is 1.87. The van der Waals surface area contributed by atoms with Crippen molar-refractivity contribution in [2.75, 3.05) is 13.1 Å². The molecule has 0 aliphatic carbocycles. The average molecular weight is 275 g/mol. The number of ether oxygens (including phenoxy) is 1. The number of fused-ring (bicyclic) bond motifs is 1. The van der Waals surface area contributed by atoms with Crippen molar-refractivity contribution < 1.29 is 4.74 Å². The van der Waals surface area contributed by atoms with Gasteiger partial charge < -0.3 is 10.1 Å². The van der Waals surface area contributed by atoms with Gasteiger partial charge in [-0.2, -0.15) is 0 Å². The number of aryl methyl sites for hydroxylation is 1. The van der Waals surface area contributed by atoms with Crippen molar-refractivity contribution in [3.05, 3.63) is 29.3 Å². The molecule has 1 atom stereocenters. The van der Waals surface area contributed by atoms with Gasteiger partial charge in [0.15, 0.2) is 0 Å². The van der Waals surface area contributed by atoms with Crippen molar-refractivity contribution in [2.45, 2.75) is 59.0 Å². The monoisotopic (exact) mass is 275 g/mol. The number of hydrogen-bond acceptors (Lipinski definition) is 2. The van der Waals surface area contributed by atoms with Crippen molar-refractivity contribution in [3.63, 3.8) is 0 Å². The summed E-state index contributed by atoms with van der Waals surface area (Å²) in [6, 6.07) is 6.74. The zero-order valence-electron chi connectivity index (χ0n) is 13.5. The van der Waals surface area contributed by atoms with Gasteiger partial charge in [0.2, 0.25) is 0 Å². The third-order valence-electron chi connectivity index (χ3n) is 4.12. The van der Waals surface area contributed by atoms with E-state index in [9.17, 15) is 0 Å². The van der Waals surface area contributed by atoms with E-state index in [-0.39, 0.29) is 5.60 Å². The molecule has 1 heterocycles. The van der Waals surface area contributed by atoms with Crippen LogP contribution in [0.3, 0.4) is 0 Å². The molecule has 1 aliphatic rings. The second-order valence-electron chi connectivity index (χ2n) is 6.77. The minimum atomic E-state index is -0.0277. The summed E-state index contributed by atoms with van der Waals surface area (Å²) in [6.45, 7) is 11.1. The maximum absolute atomic E-state index is 5.93. The van der Waals surface area contributed by atoms with Gasteiger partial charge in [-0.15, -0.1) is 0 Å². The van der Waals surface area contributed by atoms with E-state index < -0.39 is 0 Å². The topological polar surface area (TPSA) is 21.3 Å². The molecule has 0 saturated heterocycles. The minimum Gasteiger partial charge on any atom is -0.487 e. The standard InChI is InChI=1S/C18H29NO/c1-5-19-11-10-14(2)6-7-15-8-9-17-16(12-15)13-18(3,4)20-17/h8-9,12,14,19H,5-7,10-11,13H2,1-4H3. The largest absolute Gasteiger partial charge is 0.487 e. The fourth-order valence-electron chi connectivity index (χ4n) is 2.90. The molecule has 2 nitrogen and oxygen atoms in total. The molecule has 1 aromatic carbocycles. The molecule has 0 radical (unpaired) electrons. The maximum atomic E-state index is 5.93. The summed E-state index contributed by atoms with van der Waals surface area (Å²) in [6.07, 6.45) is 4.76. The van der Waals surface area contributed by atoms with E-state index in [1.54, 1.807) is 0 Å². The van der Waals surface area contributed by atoms with E-state index in [0.717, 1.165) is 31.2 Å². The van der Waals surface area contributed by atoms with Crippen LogP contribution in [-0.4, -0.2) is 18.7 Å². The second-order valence-corrected chi connectivity index (χ2v) is 6.77. The van der Waals surface area contributed by atoms with Gasteiger partial charge in [0.1, 0.15) is 11.4 Å². The number of nitrogens with one attached hydrogen (secondary N) is 1. The van der Waals surface area contributed by atoms with Crippen LogP contribution in [0.25, 0.3) is 0 Å². The quantitative estimate of drug-likeness (QED) is 0.760. The number of rotatable bonds is 7. The summed E-state index contributed by atoms with van der Waals surface area (Å²) in [5, 5.41) is 3.40. The van der Waals surface area contributed by atoms with Crippen LogP contribution in [-0.2, 0) is 12.8 Å². The molecule has 1 aromatic rings. The normalized spacial score (nSPS) is 17.6. The molecule has 20 heavy (non-hydrogen) atoms. The summed E-state index contributed by atoms with van der Waals surface area (Å²) in [7, 11) is 0. The highest BCUT2D eigenvalue weighted by Crippen LogP contribution is 2.35. The van der Waals surface area contributed by atoms with Crippen LogP contribution in [0.4, 0.5) is 0 Å². The molecule has 2 rings (SSSR count). The lowest BCUT2D eigenvalue weighted by Gasteiger charge is -2.16. The molecule has 1 aliphatic heterocycles. The molecule has 1 unspecified atom stereocenters. The van der Waals surface area contributed by atoms with Gasteiger partial charge in [-0.1, -0.05) is 26.0 Å². The van der Waals surface area contributed by atoms with E-state index in [2.05, 4.69) is 51.2 Å². The predicted octanol–water partition coefficient (Wildman–Crippen LogP) is 3.97. The zero-order chi connectivity index (χ0) is 14.6. The first-order valence-corrected chi connectivity index (χ1v) is 8.02. The molecule has 0 aromatic heterocycles. The Morgan fingerprint density at radius 3 is 2.85 bits per heavy atom. The van der Waals surface area contributed by atoms with Crippen LogP contribution in [0.2, 0.25) is 0 Å². The van der Waals surface area contributed by atoms with Crippen molar-refractivity contribution in [1.82, 2.24) is 5.32 Å². The highest BCUT2D eigenvalue weighted by molar-refractivity contribution is 5.41. The molecule has 2 heteroatoms. The predicted molar refractivity (Wildman–Crippen MR) is 85.5 cm³/mol. The van der Waals surface area contributed by atoms with E-state index in [0.29, 0.717) is 0 Å². The van der Waals surface area contributed by atoms with E-state index in [1.165, 1.54) is 30.4 Å². The maximum Gasteiger partial charge on any atom is 0.123 e. The fraction of sp³-hybridized carbons (Fsp3) is 0.667. The van der Waals surface area contributed by atoms with Gasteiger partial charge in [0, 0.05) is 6.42 Å². The smallest absolute Gasteiger partial charge is 0.123 e. The highest BCUT2D eigenvalue weighted by Gasteiger charge is 2.29. The lowest BCUT2D eigenvalue weighted by atomic mass is 9.95. The third-order valence-corrected chi connectivity index (χ3v) is 4.12. The molecular weight excluding hydrogens is 246 g/mol. The molecule has 112 valence electrons. The van der Waals surface area contributed by atoms with Gasteiger partial charge >= 0.3 is 0 Å². The van der Waals surface area contributed by atoms with Crippen molar-refractivity contribution in [1.29, 1.82) is 0 Å². The molecular formula is C18H29NO. The van der Waals surface area contributed by atoms with Gasteiger partial charge in [0.05, 0.1) is 0 Å². The SMILES string of the molecule is CCNCCC(C)CCc1ccc2c(c1)CC(C)(C)O2.